The molecule has 0 fully saturated rings. The molecule has 1 aliphatic rings. The first-order chi connectivity index (χ1) is 15.6. The van der Waals surface area contributed by atoms with E-state index in [1.807, 2.05) is 84.9 Å². The lowest BCUT2D eigenvalue weighted by atomic mass is 9.93. The predicted octanol–water partition coefficient (Wildman–Crippen LogP) is 4.87. The van der Waals surface area contributed by atoms with Crippen molar-refractivity contribution in [1.29, 1.82) is 0 Å². The van der Waals surface area contributed by atoms with Gasteiger partial charge in [0.15, 0.2) is 0 Å². The van der Waals surface area contributed by atoms with Crippen LogP contribution in [-0.2, 0) is 9.59 Å². The number of amides is 2. The number of hydrogen-bond donors (Lipinski definition) is 1. The van der Waals surface area contributed by atoms with Gasteiger partial charge in [-0.2, -0.15) is 0 Å². The van der Waals surface area contributed by atoms with Gasteiger partial charge in [-0.1, -0.05) is 66.7 Å². The molecule has 162 valence electrons. The lowest BCUT2D eigenvalue weighted by Gasteiger charge is -2.32. The Kier molecular flexibility index (Phi) is 6.36. The molecule has 0 bridgehead atoms. The van der Waals surface area contributed by atoms with Gasteiger partial charge in [0.25, 0.3) is 0 Å². The first-order valence-corrected chi connectivity index (χ1v) is 10.6. The third-order valence-electron chi connectivity index (χ3n) is 5.74. The van der Waals surface area contributed by atoms with Gasteiger partial charge in [-0.05, 0) is 40.5 Å². The van der Waals surface area contributed by atoms with Crippen LogP contribution in [0.15, 0.2) is 85.1 Å². The molecule has 1 aliphatic heterocycles. The van der Waals surface area contributed by atoms with Crippen molar-refractivity contribution in [3.05, 3.63) is 107 Å². The summed E-state index contributed by atoms with van der Waals surface area (Å²) >= 11 is 0. The zero-order chi connectivity index (χ0) is 22.5. The van der Waals surface area contributed by atoms with Crippen LogP contribution in [0.1, 0.15) is 47.7 Å². The molecule has 1 N–H and O–H groups in total. The van der Waals surface area contributed by atoms with Crippen molar-refractivity contribution < 1.29 is 14.3 Å². The van der Waals surface area contributed by atoms with E-state index in [0.29, 0.717) is 0 Å². The van der Waals surface area contributed by atoms with Gasteiger partial charge in [-0.15, -0.1) is 0 Å². The molecule has 3 aromatic carbocycles. The standard InChI is InChI=1S/C27H26N2O3/c1-19(30)29-17-16-20-8-6-7-11-24(20)25(29)18-26(31)28-27(21-9-4-3-5-10-21)22-12-14-23(32-2)15-13-22/h3-17,25,27H,18H2,1-2H3,(H,28,31). The van der Waals surface area contributed by atoms with Gasteiger partial charge in [-0.25, -0.2) is 0 Å². The molecule has 32 heavy (non-hydrogen) atoms. The second-order valence-electron chi connectivity index (χ2n) is 7.78. The Morgan fingerprint density at radius 1 is 0.938 bits per heavy atom. The maximum Gasteiger partial charge on any atom is 0.223 e. The maximum absolute atomic E-state index is 13.3. The number of rotatable bonds is 6. The highest BCUT2D eigenvalue weighted by Crippen LogP contribution is 2.33. The van der Waals surface area contributed by atoms with E-state index in [0.717, 1.165) is 28.0 Å². The normalized spacial score (nSPS) is 15.6. The molecule has 4 rings (SSSR count). The summed E-state index contributed by atoms with van der Waals surface area (Å²) in [5.74, 6) is 0.536. The SMILES string of the molecule is COc1ccc(C(NC(=O)CC2c3ccccc3C=CN2C(C)=O)c2ccccc2)cc1. The molecule has 1 heterocycles. The first kappa shape index (κ1) is 21.4. The van der Waals surface area contributed by atoms with E-state index in [2.05, 4.69) is 5.32 Å². The van der Waals surface area contributed by atoms with Gasteiger partial charge in [0.05, 0.1) is 25.6 Å². The average Bonchev–Trinajstić information content (AvgIpc) is 2.83. The molecular weight excluding hydrogens is 400 g/mol. The monoisotopic (exact) mass is 426 g/mol. The number of ether oxygens (including phenoxy) is 1. The van der Waals surface area contributed by atoms with Crippen molar-refractivity contribution in [3.8, 4) is 5.75 Å². The molecule has 2 atom stereocenters. The van der Waals surface area contributed by atoms with Crippen molar-refractivity contribution in [2.45, 2.75) is 25.4 Å². The number of methoxy groups -OCH3 is 1. The van der Waals surface area contributed by atoms with E-state index in [9.17, 15) is 9.59 Å². The maximum atomic E-state index is 13.3. The van der Waals surface area contributed by atoms with Gasteiger partial charge in [0.1, 0.15) is 5.75 Å². The van der Waals surface area contributed by atoms with Gasteiger partial charge in [0.2, 0.25) is 11.8 Å². The second-order valence-corrected chi connectivity index (χ2v) is 7.78. The quantitative estimate of drug-likeness (QED) is 0.612. The van der Waals surface area contributed by atoms with Crippen molar-refractivity contribution in [3.63, 3.8) is 0 Å². The van der Waals surface area contributed by atoms with Crippen LogP contribution in [0.3, 0.4) is 0 Å². The number of carbonyl (C=O) groups excluding carboxylic acids is 2. The number of benzene rings is 3. The van der Waals surface area contributed by atoms with Crippen molar-refractivity contribution in [2.75, 3.05) is 7.11 Å². The summed E-state index contributed by atoms with van der Waals surface area (Å²) in [6.45, 7) is 1.52. The topological polar surface area (TPSA) is 58.6 Å². The van der Waals surface area contributed by atoms with Crippen LogP contribution < -0.4 is 10.1 Å². The minimum absolute atomic E-state index is 0.0942. The molecule has 0 aliphatic carbocycles. The Morgan fingerprint density at radius 3 is 2.28 bits per heavy atom. The molecule has 0 saturated carbocycles. The molecule has 3 aromatic rings. The molecule has 5 nitrogen and oxygen atoms in total. The third kappa shape index (κ3) is 4.57. The van der Waals surface area contributed by atoms with Gasteiger partial charge in [-0.3, -0.25) is 9.59 Å². The smallest absolute Gasteiger partial charge is 0.223 e. The largest absolute Gasteiger partial charge is 0.497 e. The van der Waals surface area contributed by atoms with E-state index >= 15 is 0 Å². The molecule has 0 spiro atoms. The van der Waals surface area contributed by atoms with Crippen LogP contribution >= 0.6 is 0 Å². The van der Waals surface area contributed by atoms with Crippen LogP contribution in [0.25, 0.3) is 6.08 Å². The van der Waals surface area contributed by atoms with E-state index in [1.54, 1.807) is 18.2 Å². The molecule has 0 radical (unpaired) electrons. The Morgan fingerprint density at radius 2 is 1.59 bits per heavy atom. The Balaban J connectivity index is 1.60. The van der Waals surface area contributed by atoms with E-state index in [4.69, 9.17) is 4.74 Å². The zero-order valence-corrected chi connectivity index (χ0v) is 18.2. The van der Waals surface area contributed by atoms with Gasteiger partial charge >= 0.3 is 0 Å². The summed E-state index contributed by atoms with van der Waals surface area (Å²) in [4.78, 5) is 27.2. The second kappa shape index (κ2) is 9.52. The van der Waals surface area contributed by atoms with Crippen molar-refractivity contribution >= 4 is 17.9 Å². The number of fused-ring (bicyclic) bond motifs is 1. The van der Waals surface area contributed by atoms with Crippen molar-refractivity contribution in [1.82, 2.24) is 10.2 Å². The summed E-state index contributed by atoms with van der Waals surface area (Å²) in [5, 5.41) is 3.18. The Labute approximate surface area is 188 Å². The van der Waals surface area contributed by atoms with Crippen LogP contribution in [0.4, 0.5) is 0 Å². The highest BCUT2D eigenvalue weighted by atomic mass is 16.5. The molecule has 0 saturated heterocycles. The number of nitrogens with one attached hydrogen (secondary N) is 1. The average molecular weight is 427 g/mol. The first-order valence-electron chi connectivity index (χ1n) is 10.6. The zero-order valence-electron chi connectivity index (χ0n) is 18.2. The predicted molar refractivity (Wildman–Crippen MR) is 125 cm³/mol. The fraction of sp³-hybridized carbons (Fsp3) is 0.185. The van der Waals surface area contributed by atoms with Crippen molar-refractivity contribution in [2.24, 2.45) is 0 Å². The Bertz CT molecular complexity index is 1120. The van der Waals surface area contributed by atoms with Crippen LogP contribution in [0.2, 0.25) is 0 Å². The van der Waals surface area contributed by atoms with Crippen LogP contribution in [-0.4, -0.2) is 23.8 Å². The molecule has 2 amide bonds. The summed E-state index contributed by atoms with van der Waals surface area (Å²) in [6, 6.07) is 24.7. The highest BCUT2D eigenvalue weighted by molar-refractivity contribution is 5.82. The fourth-order valence-electron chi connectivity index (χ4n) is 4.11. The van der Waals surface area contributed by atoms with Gasteiger partial charge < -0.3 is 15.0 Å². The molecule has 2 unspecified atom stereocenters. The lowest BCUT2D eigenvalue weighted by Crippen LogP contribution is -2.36. The van der Waals surface area contributed by atoms with Crippen LogP contribution in [0, 0.1) is 0 Å². The number of nitrogens with zero attached hydrogens (tertiary/aromatic N) is 1. The molecular formula is C27H26N2O3. The number of carbonyl (C=O) groups is 2. The highest BCUT2D eigenvalue weighted by Gasteiger charge is 2.29. The van der Waals surface area contributed by atoms with E-state index in [-0.39, 0.29) is 30.3 Å². The van der Waals surface area contributed by atoms with E-state index < -0.39 is 0 Å². The minimum atomic E-state index is -0.346. The minimum Gasteiger partial charge on any atom is -0.497 e. The van der Waals surface area contributed by atoms with Gasteiger partial charge in [0, 0.05) is 13.1 Å². The number of hydrogen-bond acceptors (Lipinski definition) is 3. The third-order valence-corrected chi connectivity index (χ3v) is 5.74. The fourth-order valence-corrected chi connectivity index (χ4v) is 4.11. The van der Waals surface area contributed by atoms with Crippen LogP contribution in [0.5, 0.6) is 5.75 Å². The summed E-state index contributed by atoms with van der Waals surface area (Å²) in [7, 11) is 1.63. The van der Waals surface area contributed by atoms with E-state index in [1.165, 1.54) is 6.92 Å². The molecule has 0 aromatic heterocycles. The molecule has 5 heteroatoms. The Hall–Kier alpha value is -3.86. The summed E-state index contributed by atoms with van der Waals surface area (Å²) in [6.07, 6.45) is 3.84. The summed E-state index contributed by atoms with van der Waals surface area (Å²) in [5.41, 5.74) is 3.94. The summed E-state index contributed by atoms with van der Waals surface area (Å²) < 4.78 is 5.27. The lowest BCUT2D eigenvalue weighted by molar-refractivity contribution is -0.130.